The Bertz CT molecular complexity index is 1360. The molecule has 1 aromatic carbocycles. The number of furan rings is 1. The van der Waals surface area contributed by atoms with E-state index >= 15 is 0 Å². The minimum absolute atomic E-state index is 0.153. The highest BCUT2D eigenvalue weighted by atomic mass is 32.2. The Morgan fingerprint density at radius 2 is 2.00 bits per heavy atom. The predicted octanol–water partition coefficient (Wildman–Crippen LogP) is 4.43. The Balaban J connectivity index is 1.79. The van der Waals surface area contributed by atoms with E-state index in [9.17, 15) is 24.4 Å². The summed E-state index contributed by atoms with van der Waals surface area (Å²) in [6.45, 7) is 1.60. The summed E-state index contributed by atoms with van der Waals surface area (Å²) in [6, 6.07) is 12.0. The summed E-state index contributed by atoms with van der Waals surface area (Å²) in [6.07, 6.45) is 4.79. The summed E-state index contributed by atoms with van der Waals surface area (Å²) in [5, 5.41) is 20.0. The normalized spacial score (nSPS) is 13.0. The topological polar surface area (TPSA) is 149 Å². The van der Waals surface area contributed by atoms with Crippen LogP contribution in [0.25, 0.3) is 0 Å². The van der Waals surface area contributed by atoms with E-state index in [-0.39, 0.29) is 22.7 Å². The first-order valence-electron chi connectivity index (χ1n) is 9.00. The van der Waals surface area contributed by atoms with Crippen molar-refractivity contribution in [3.8, 4) is 17.7 Å². The van der Waals surface area contributed by atoms with Crippen molar-refractivity contribution in [1.82, 2.24) is 4.98 Å². The Hall–Kier alpha value is -4.30. The molecule has 0 aliphatic rings. The number of allylic oxidation sites excluding steroid dienone is 1. The second-order valence-corrected chi connectivity index (χ2v) is 8.75. The SMILES string of the molecule is Cc1occc1C(=O)/C(C#N)=C/N=[S@@](C)(=O)c1ccc(Oc2ccc([N+](=O)[O-])cn2)cc1. The third-order valence-corrected chi connectivity index (χ3v) is 5.92. The summed E-state index contributed by atoms with van der Waals surface area (Å²) in [5.41, 5.74) is -0.198. The Morgan fingerprint density at radius 1 is 1.28 bits per heavy atom. The average molecular weight is 452 g/mol. The second-order valence-electron chi connectivity index (χ2n) is 6.47. The molecular weight excluding hydrogens is 436 g/mol. The molecule has 3 aromatic rings. The van der Waals surface area contributed by atoms with E-state index < -0.39 is 20.4 Å². The van der Waals surface area contributed by atoms with Crippen molar-refractivity contribution in [2.24, 2.45) is 4.36 Å². The molecule has 0 unspecified atom stereocenters. The predicted molar refractivity (Wildman–Crippen MR) is 114 cm³/mol. The van der Waals surface area contributed by atoms with E-state index in [1.807, 2.05) is 0 Å². The number of nitro groups is 1. The Morgan fingerprint density at radius 3 is 2.53 bits per heavy atom. The van der Waals surface area contributed by atoms with Crippen LogP contribution in [0.3, 0.4) is 0 Å². The fraction of sp³-hybridized carbons (Fsp3) is 0.0952. The van der Waals surface area contributed by atoms with Crippen LogP contribution >= 0.6 is 0 Å². The highest BCUT2D eigenvalue weighted by molar-refractivity contribution is 7.93. The molecule has 3 rings (SSSR count). The van der Waals surface area contributed by atoms with Gasteiger partial charge in [0.15, 0.2) is 0 Å². The van der Waals surface area contributed by atoms with Crippen LogP contribution in [0.2, 0.25) is 0 Å². The number of hydrogen-bond donors (Lipinski definition) is 0. The molecule has 0 saturated carbocycles. The van der Waals surface area contributed by atoms with Crippen molar-refractivity contribution in [2.75, 3.05) is 6.26 Å². The molecule has 0 aliphatic carbocycles. The van der Waals surface area contributed by atoms with Gasteiger partial charge in [0.1, 0.15) is 29.3 Å². The van der Waals surface area contributed by atoms with Gasteiger partial charge in [-0.1, -0.05) is 0 Å². The van der Waals surface area contributed by atoms with E-state index in [0.717, 1.165) is 12.4 Å². The fourth-order valence-electron chi connectivity index (χ4n) is 2.54. The second kappa shape index (κ2) is 9.23. The third-order valence-electron chi connectivity index (χ3n) is 4.27. The molecule has 162 valence electrons. The lowest BCUT2D eigenvalue weighted by atomic mass is 10.1. The molecule has 0 aliphatic heterocycles. The number of aryl methyl sites for hydroxylation is 1. The van der Waals surface area contributed by atoms with Gasteiger partial charge in [-0.05, 0) is 37.3 Å². The van der Waals surface area contributed by atoms with Crippen LogP contribution in [-0.2, 0) is 9.73 Å². The standard InChI is InChI=1S/C21H16N4O6S/c1-14-19(9-10-30-14)21(26)15(11-22)12-24-32(2,29)18-6-4-17(5-7-18)31-20-8-3-16(13-23-20)25(27)28/h3-10,12-13H,1-2H3/b15-12+/t32-/m0/s1. The first kappa shape index (κ1) is 22.4. The number of ether oxygens (including phenoxy) is 1. The molecule has 0 amide bonds. The van der Waals surface area contributed by atoms with E-state index in [0.29, 0.717) is 16.4 Å². The van der Waals surface area contributed by atoms with Crippen molar-refractivity contribution in [3.63, 3.8) is 0 Å². The summed E-state index contributed by atoms with van der Waals surface area (Å²) in [4.78, 5) is 26.7. The van der Waals surface area contributed by atoms with Gasteiger partial charge in [-0.3, -0.25) is 14.9 Å². The number of Topliss-reactive ketones (excluding diaryl/α,β-unsaturated/α-hetero) is 1. The van der Waals surface area contributed by atoms with E-state index in [2.05, 4.69) is 9.35 Å². The van der Waals surface area contributed by atoms with E-state index in [4.69, 9.17) is 9.15 Å². The van der Waals surface area contributed by atoms with Crippen LogP contribution in [0.4, 0.5) is 5.69 Å². The average Bonchev–Trinajstić information content (AvgIpc) is 3.20. The number of benzene rings is 1. The Kier molecular flexibility index (Phi) is 6.46. The van der Waals surface area contributed by atoms with Crippen LogP contribution in [0, 0.1) is 28.4 Å². The molecular formula is C21H16N4O6S. The van der Waals surface area contributed by atoms with Gasteiger partial charge in [-0.2, -0.15) is 5.26 Å². The zero-order chi connectivity index (χ0) is 23.3. The van der Waals surface area contributed by atoms with Crippen molar-refractivity contribution >= 4 is 21.2 Å². The molecule has 11 heteroatoms. The van der Waals surface area contributed by atoms with Crippen LogP contribution < -0.4 is 4.74 Å². The molecule has 0 saturated heterocycles. The number of aromatic nitrogens is 1. The van der Waals surface area contributed by atoms with Crippen molar-refractivity contribution < 1.29 is 23.1 Å². The van der Waals surface area contributed by atoms with Crippen LogP contribution in [0.15, 0.2) is 80.4 Å². The minimum atomic E-state index is -2.96. The maximum Gasteiger partial charge on any atom is 0.287 e. The number of nitriles is 1. The summed E-state index contributed by atoms with van der Waals surface area (Å²) in [5.74, 6) is 0.313. The van der Waals surface area contributed by atoms with Gasteiger partial charge >= 0.3 is 0 Å². The third kappa shape index (κ3) is 5.05. The number of carbonyl (C=O) groups is 1. The number of rotatable bonds is 7. The van der Waals surface area contributed by atoms with Gasteiger partial charge in [-0.15, -0.1) is 0 Å². The van der Waals surface area contributed by atoms with Gasteiger partial charge in [0.05, 0.1) is 32.7 Å². The number of hydrogen-bond acceptors (Lipinski definition) is 9. The summed E-state index contributed by atoms with van der Waals surface area (Å²) < 4.78 is 27.5. The van der Waals surface area contributed by atoms with Crippen molar-refractivity contribution in [3.05, 3.63) is 88.1 Å². The van der Waals surface area contributed by atoms with E-state index in [1.165, 1.54) is 55.0 Å². The number of nitrogens with zero attached hydrogens (tertiary/aromatic N) is 4. The maximum atomic E-state index is 13.0. The molecule has 0 spiro atoms. The molecule has 0 bridgehead atoms. The lowest BCUT2D eigenvalue weighted by Crippen LogP contribution is -2.03. The zero-order valence-corrected chi connectivity index (χ0v) is 17.7. The van der Waals surface area contributed by atoms with Gasteiger partial charge < -0.3 is 9.15 Å². The van der Waals surface area contributed by atoms with E-state index in [1.54, 1.807) is 13.0 Å². The van der Waals surface area contributed by atoms with Gasteiger partial charge in [0, 0.05) is 23.3 Å². The highest BCUT2D eigenvalue weighted by Crippen LogP contribution is 2.23. The lowest BCUT2D eigenvalue weighted by molar-refractivity contribution is -0.385. The molecule has 0 N–H and O–H groups in total. The lowest BCUT2D eigenvalue weighted by Gasteiger charge is -2.07. The number of ketones is 1. The molecule has 2 aromatic heterocycles. The maximum absolute atomic E-state index is 13.0. The molecule has 2 heterocycles. The molecule has 0 radical (unpaired) electrons. The van der Waals surface area contributed by atoms with Gasteiger partial charge in [-0.25, -0.2) is 13.6 Å². The minimum Gasteiger partial charge on any atom is -0.469 e. The Labute approximate surface area is 183 Å². The number of pyridine rings is 1. The van der Waals surface area contributed by atoms with Crippen molar-refractivity contribution in [1.29, 1.82) is 5.26 Å². The van der Waals surface area contributed by atoms with Crippen LogP contribution in [0.1, 0.15) is 16.1 Å². The molecule has 0 fully saturated rings. The quantitative estimate of drug-likeness (QED) is 0.168. The number of carbonyl (C=O) groups excluding carboxylic acids is 1. The molecule has 32 heavy (non-hydrogen) atoms. The van der Waals surface area contributed by atoms with Gasteiger partial charge in [0.25, 0.3) is 5.69 Å². The molecule has 1 atom stereocenters. The first-order chi connectivity index (χ1) is 15.2. The summed E-state index contributed by atoms with van der Waals surface area (Å²) >= 11 is 0. The fourth-order valence-corrected chi connectivity index (χ4v) is 3.61. The highest BCUT2D eigenvalue weighted by Gasteiger charge is 2.17. The van der Waals surface area contributed by atoms with Crippen molar-refractivity contribution in [2.45, 2.75) is 11.8 Å². The smallest absolute Gasteiger partial charge is 0.287 e. The molecule has 10 nitrogen and oxygen atoms in total. The van der Waals surface area contributed by atoms with Crippen LogP contribution in [-0.4, -0.2) is 26.2 Å². The largest absolute Gasteiger partial charge is 0.469 e. The first-order valence-corrected chi connectivity index (χ1v) is 10.9. The zero-order valence-electron chi connectivity index (χ0n) is 16.9. The van der Waals surface area contributed by atoms with Crippen LogP contribution in [0.5, 0.6) is 11.6 Å². The monoisotopic (exact) mass is 452 g/mol. The summed E-state index contributed by atoms with van der Waals surface area (Å²) in [7, 11) is -2.96. The van der Waals surface area contributed by atoms with Gasteiger partial charge in [0.2, 0.25) is 11.7 Å².